The lowest BCUT2D eigenvalue weighted by Gasteiger charge is -2.14. The highest BCUT2D eigenvalue weighted by atomic mass is 35.5. The molecule has 1 heterocycles. The summed E-state index contributed by atoms with van der Waals surface area (Å²) in [5.41, 5.74) is 2.48. The Kier molecular flexibility index (Phi) is 5.34. The van der Waals surface area contributed by atoms with Gasteiger partial charge in [-0.1, -0.05) is 55.3 Å². The number of aryl methyl sites for hydroxylation is 1. The van der Waals surface area contributed by atoms with Gasteiger partial charge in [0.2, 0.25) is 0 Å². The Morgan fingerprint density at radius 3 is 2.67 bits per heavy atom. The molecule has 0 aliphatic rings. The topological polar surface area (TPSA) is 42.0 Å². The molecule has 3 nitrogen and oxygen atoms in total. The van der Waals surface area contributed by atoms with Crippen molar-refractivity contribution in [3.05, 3.63) is 64.4 Å². The van der Waals surface area contributed by atoms with Crippen LogP contribution in [0.5, 0.6) is 0 Å². The molecule has 2 rings (SSSR count). The Morgan fingerprint density at radius 1 is 1.29 bits per heavy atom. The van der Waals surface area contributed by atoms with E-state index in [4.69, 9.17) is 11.6 Å². The van der Waals surface area contributed by atoms with E-state index in [1.165, 1.54) is 0 Å². The maximum Gasteiger partial charge on any atom is 0.251 e. The molecule has 4 heteroatoms. The number of halogens is 1. The first-order chi connectivity index (χ1) is 10.1. The quantitative estimate of drug-likeness (QED) is 0.842. The van der Waals surface area contributed by atoms with Crippen molar-refractivity contribution in [2.45, 2.75) is 32.7 Å². The van der Waals surface area contributed by atoms with Crippen LogP contribution < -0.4 is 5.32 Å². The highest BCUT2D eigenvalue weighted by Gasteiger charge is 2.13. The van der Waals surface area contributed by atoms with E-state index < -0.39 is 0 Å². The Hall–Kier alpha value is -1.87. The first-order valence-electron chi connectivity index (χ1n) is 7.12. The zero-order valence-corrected chi connectivity index (χ0v) is 13.0. The van der Waals surface area contributed by atoms with Crippen LogP contribution in [0, 0.1) is 0 Å². The molecule has 1 aromatic carbocycles. The fourth-order valence-corrected chi connectivity index (χ4v) is 2.40. The van der Waals surface area contributed by atoms with Gasteiger partial charge in [0.15, 0.2) is 0 Å². The normalized spacial score (nSPS) is 12.0. The Morgan fingerprint density at radius 2 is 2.00 bits per heavy atom. The van der Waals surface area contributed by atoms with E-state index >= 15 is 0 Å². The minimum atomic E-state index is -0.131. The molecule has 1 aromatic heterocycles. The monoisotopic (exact) mass is 302 g/mol. The van der Waals surface area contributed by atoms with Crippen molar-refractivity contribution in [1.82, 2.24) is 10.3 Å². The third-order valence-electron chi connectivity index (χ3n) is 3.26. The molecule has 2 aromatic rings. The Labute approximate surface area is 130 Å². The summed E-state index contributed by atoms with van der Waals surface area (Å²) in [4.78, 5) is 16.6. The third kappa shape index (κ3) is 4.30. The average molecular weight is 303 g/mol. The number of amides is 1. The van der Waals surface area contributed by atoms with Crippen molar-refractivity contribution >= 4 is 17.5 Å². The van der Waals surface area contributed by atoms with Crippen molar-refractivity contribution in [3.63, 3.8) is 0 Å². The van der Waals surface area contributed by atoms with Gasteiger partial charge >= 0.3 is 0 Å². The molecule has 0 bridgehead atoms. The number of carbonyl (C=O) groups is 1. The SMILES string of the molecule is CCCc1cc(C(=O)N[C@H](C)c2ccccc2)cc(Cl)n1. The zero-order chi connectivity index (χ0) is 15.2. The van der Waals surface area contributed by atoms with Gasteiger partial charge in [0.1, 0.15) is 5.15 Å². The minimum absolute atomic E-state index is 0.0553. The molecule has 0 unspecified atom stereocenters. The van der Waals surface area contributed by atoms with Crippen LogP contribution in [0.15, 0.2) is 42.5 Å². The molecule has 1 N–H and O–H groups in total. The van der Waals surface area contributed by atoms with E-state index in [1.807, 2.05) is 43.3 Å². The van der Waals surface area contributed by atoms with Crippen LogP contribution in [0.2, 0.25) is 5.15 Å². The molecule has 0 aliphatic carbocycles. The number of aromatic nitrogens is 1. The number of carbonyl (C=O) groups excluding carboxylic acids is 1. The van der Waals surface area contributed by atoms with Crippen LogP contribution in [0.3, 0.4) is 0 Å². The number of pyridine rings is 1. The summed E-state index contributed by atoms with van der Waals surface area (Å²) in [7, 11) is 0. The highest BCUT2D eigenvalue weighted by Crippen LogP contribution is 2.15. The molecule has 0 radical (unpaired) electrons. The van der Waals surface area contributed by atoms with Crippen LogP contribution in [0.4, 0.5) is 0 Å². The maximum absolute atomic E-state index is 12.3. The summed E-state index contributed by atoms with van der Waals surface area (Å²) in [5.74, 6) is -0.131. The smallest absolute Gasteiger partial charge is 0.251 e. The highest BCUT2D eigenvalue weighted by molar-refractivity contribution is 6.29. The standard InChI is InChI=1S/C17H19ClN2O/c1-3-7-15-10-14(11-16(18)20-15)17(21)19-12(2)13-8-5-4-6-9-13/h4-6,8-12H,3,7H2,1-2H3,(H,19,21)/t12-/m1/s1. The second-order valence-corrected chi connectivity index (χ2v) is 5.41. The molecule has 0 fully saturated rings. The molecule has 0 saturated heterocycles. The van der Waals surface area contributed by atoms with Crippen molar-refractivity contribution in [3.8, 4) is 0 Å². The van der Waals surface area contributed by atoms with Gasteiger partial charge in [-0.2, -0.15) is 0 Å². The fraction of sp³-hybridized carbons (Fsp3) is 0.294. The van der Waals surface area contributed by atoms with Crippen molar-refractivity contribution in [1.29, 1.82) is 0 Å². The number of hydrogen-bond donors (Lipinski definition) is 1. The molecular formula is C17H19ClN2O. The molecule has 0 aliphatic heterocycles. The minimum Gasteiger partial charge on any atom is -0.346 e. The van der Waals surface area contributed by atoms with E-state index in [9.17, 15) is 4.79 Å². The van der Waals surface area contributed by atoms with Crippen molar-refractivity contribution in [2.75, 3.05) is 0 Å². The summed E-state index contributed by atoms with van der Waals surface area (Å²) in [6, 6.07) is 13.2. The van der Waals surface area contributed by atoms with Gasteiger partial charge in [-0.3, -0.25) is 4.79 Å². The fourth-order valence-electron chi connectivity index (χ4n) is 2.17. The molecule has 110 valence electrons. The van der Waals surface area contributed by atoms with Crippen molar-refractivity contribution < 1.29 is 4.79 Å². The summed E-state index contributed by atoms with van der Waals surface area (Å²) in [6.07, 6.45) is 1.78. The molecule has 1 atom stereocenters. The lowest BCUT2D eigenvalue weighted by Crippen LogP contribution is -2.26. The number of rotatable bonds is 5. The molecular weight excluding hydrogens is 284 g/mol. The lowest BCUT2D eigenvalue weighted by molar-refractivity contribution is 0.0939. The van der Waals surface area contributed by atoms with Crippen LogP contribution in [0.1, 0.15) is 47.9 Å². The average Bonchev–Trinajstić information content (AvgIpc) is 2.48. The number of benzene rings is 1. The van der Waals surface area contributed by atoms with Crippen LogP contribution in [-0.4, -0.2) is 10.9 Å². The predicted molar refractivity (Wildman–Crippen MR) is 85.6 cm³/mol. The summed E-state index contributed by atoms with van der Waals surface area (Å²) < 4.78 is 0. The maximum atomic E-state index is 12.3. The number of hydrogen-bond acceptors (Lipinski definition) is 2. The summed E-state index contributed by atoms with van der Waals surface area (Å²) in [5, 5.41) is 3.34. The van der Waals surface area contributed by atoms with Crippen LogP contribution in [-0.2, 0) is 6.42 Å². The van der Waals surface area contributed by atoms with Gasteiger partial charge in [-0.05, 0) is 31.0 Å². The largest absolute Gasteiger partial charge is 0.346 e. The number of nitrogens with one attached hydrogen (secondary N) is 1. The second kappa shape index (κ2) is 7.23. The molecule has 1 amide bonds. The number of nitrogens with zero attached hydrogens (tertiary/aromatic N) is 1. The van der Waals surface area contributed by atoms with Gasteiger partial charge in [0.05, 0.1) is 6.04 Å². The van der Waals surface area contributed by atoms with Gasteiger partial charge < -0.3 is 5.32 Å². The van der Waals surface area contributed by atoms with Gasteiger partial charge in [0, 0.05) is 11.3 Å². The summed E-state index contributed by atoms with van der Waals surface area (Å²) in [6.45, 7) is 4.03. The van der Waals surface area contributed by atoms with Gasteiger partial charge in [-0.15, -0.1) is 0 Å². The molecule has 0 saturated carbocycles. The van der Waals surface area contributed by atoms with Crippen molar-refractivity contribution in [2.24, 2.45) is 0 Å². The first-order valence-corrected chi connectivity index (χ1v) is 7.50. The van der Waals surface area contributed by atoms with Crippen LogP contribution in [0.25, 0.3) is 0 Å². The third-order valence-corrected chi connectivity index (χ3v) is 3.46. The summed E-state index contributed by atoms with van der Waals surface area (Å²) >= 11 is 5.99. The predicted octanol–water partition coefficient (Wildman–Crippen LogP) is 4.18. The van der Waals surface area contributed by atoms with Crippen LogP contribution >= 0.6 is 11.6 Å². The Bertz CT molecular complexity index is 613. The van der Waals surface area contributed by atoms with E-state index in [0.717, 1.165) is 24.1 Å². The molecule has 21 heavy (non-hydrogen) atoms. The van der Waals surface area contributed by atoms with Gasteiger partial charge in [0.25, 0.3) is 5.91 Å². The van der Waals surface area contributed by atoms with Gasteiger partial charge in [-0.25, -0.2) is 4.98 Å². The van der Waals surface area contributed by atoms with E-state index in [-0.39, 0.29) is 11.9 Å². The zero-order valence-electron chi connectivity index (χ0n) is 12.3. The Balaban J connectivity index is 2.13. The molecule has 0 spiro atoms. The van der Waals surface area contributed by atoms with E-state index in [0.29, 0.717) is 10.7 Å². The first kappa shape index (κ1) is 15.5. The van der Waals surface area contributed by atoms with E-state index in [2.05, 4.69) is 17.2 Å². The second-order valence-electron chi connectivity index (χ2n) is 5.03. The lowest BCUT2D eigenvalue weighted by atomic mass is 10.1. The van der Waals surface area contributed by atoms with E-state index in [1.54, 1.807) is 6.07 Å².